The van der Waals surface area contributed by atoms with Gasteiger partial charge in [0, 0.05) is 50.6 Å². The Bertz CT molecular complexity index is 1320. The molecule has 1 aromatic carbocycles. The number of aromatic nitrogens is 2. The topological polar surface area (TPSA) is 109 Å². The summed E-state index contributed by atoms with van der Waals surface area (Å²) in [6, 6.07) is 8.42. The summed E-state index contributed by atoms with van der Waals surface area (Å²) in [5.74, 6) is -1.28. The van der Waals surface area contributed by atoms with E-state index in [4.69, 9.17) is 14.2 Å². The molecule has 3 aromatic rings. The highest BCUT2D eigenvalue weighted by atomic mass is 16.5. The van der Waals surface area contributed by atoms with Gasteiger partial charge in [0.1, 0.15) is 11.5 Å². The molecule has 0 fully saturated rings. The van der Waals surface area contributed by atoms with Crippen LogP contribution in [0.1, 0.15) is 35.6 Å². The van der Waals surface area contributed by atoms with Crippen molar-refractivity contribution in [1.29, 1.82) is 0 Å². The highest BCUT2D eigenvalue weighted by Gasteiger charge is 2.29. The van der Waals surface area contributed by atoms with Gasteiger partial charge in [0.15, 0.2) is 0 Å². The third-order valence-corrected chi connectivity index (χ3v) is 6.04. The van der Waals surface area contributed by atoms with Gasteiger partial charge in [0.05, 0.1) is 31.7 Å². The molecule has 9 nitrogen and oxygen atoms in total. The number of fused-ring (bicyclic) bond motifs is 1. The smallest absolute Gasteiger partial charge is 0.306 e. The summed E-state index contributed by atoms with van der Waals surface area (Å²) < 4.78 is 18.2. The summed E-state index contributed by atoms with van der Waals surface area (Å²) >= 11 is 0. The maximum absolute atomic E-state index is 13.5. The van der Waals surface area contributed by atoms with Crippen molar-refractivity contribution >= 4 is 16.9 Å². The predicted molar refractivity (Wildman–Crippen MR) is 128 cm³/mol. The molecule has 1 N–H and O–H groups in total. The van der Waals surface area contributed by atoms with Crippen LogP contribution in [0.25, 0.3) is 10.9 Å². The molecule has 0 aliphatic heterocycles. The Morgan fingerprint density at radius 2 is 1.82 bits per heavy atom. The lowest BCUT2D eigenvalue weighted by molar-refractivity contribution is -0.140. The van der Waals surface area contributed by atoms with Crippen LogP contribution in [0.4, 0.5) is 0 Å². The largest absolute Gasteiger partial charge is 0.507 e. The minimum absolute atomic E-state index is 0.0154. The average Bonchev–Trinajstić information content (AvgIpc) is 2.82. The first-order valence-electron chi connectivity index (χ1n) is 10.9. The van der Waals surface area contributed by atoms with Gasteiger partial charge in [-0.25, -0.2) is 0 Å². The molecule has 0 aliphatic carbocycles. The lowest BCUT2D eigenvalue weighted by Gasteiger charge is -2.21. The normalized spacial score (nSPS) is 12.0. The van der Waals surface area contributed by atoms with E-state index in [1.165, 1.54) is 29.4 Å². The van der Waals surface area contributed by atoms with E-state index in [1.807, 2.05) is 0 Å². The molecule has 0 aliphatic rings. The Balaban J connectivity index is 2.27. The van der Waals surface area contributed by atoms with E-state index in [0.29, 0.717) is 36.5 Å². The van der Waals surface area contributed by atoms with Crippen LogP contribution in [0.15, 0.2) is 39.9 Å². The summed E-state index contributed by atoms with van der Waals surface area (Å²) in [4.78, 5) is 39.3. The Morgan fingerprint density at radius 3 is 2.47 bits per heavy atom. The highest BCUT2D eigenvalue weighted by molar-refractivity contribution is 5.82. The van der Waals surface area contributed by atoms with Crippen molar-refractivity contribution < 1.29 is 24.1 Å². The minimum Gasteiger partial charge on any atom is -0.507 e. The fourth-order valence-corrected chi connectivity index (χ4v) is 4.20. The van der Waals surface area contributed by atoms with Gasteiger partial charge >= 0.3 is 5.97 Å². The molecule has 2 heterocycles. The number of hydrogen-bond donors (Lipinski definition) is 1. The molecule has 1 atom stereocenters. The molecular formula is C25H30N2O7. The first kappa shape index (κ1) is 25.0. The zero-order chi connectivity index (χ0) is 25.0. The quantitative estimate of drug-likeness (QED) is 0.378. The standard InChI is InChI=1S/C25H30N2O7/c1-15-11-21(28)23(25(31)27(15)9-6-10-32-3)18(14-22(29)34-5)19-12-16-7-8-17(33-4)13-20(16)26(2)24(19)30/h7-8,11-13,18,28H,6,9-10,14H2,1-5H3. The van der Waals surface area contributed by atoms with Crippen molar-refractivity contribution in [3.05, 3.63) is 67.9 Å². The van der Waals surface area contributed by atoms with Gasteiger partial charge < -0.3 is 28.5 Å². The van der Waals surface area contributed by atoms with E-state index in [0.717, 1.165) is 5.39 Å². The van der Waals surface area contributed by atoms with Crippen molar-refractivity contribution in [3.63, 3.8) is 0 Å². The van der Waals surface area contributed by atoms with E-state index in [9.17, 15) is 19.5 Å². The fraction of sp³-hybridized carbons (Fsp3) is 0.400. The molecule has 0 spiro atoms. The number of ether oxygens (including phenoxy) is 3. The molecule has 0 saturated heterocycles. The van der Waals surface area contributed by atoms with Crippen molar-refractivity contribution in [3.8, 4) is 11.5 Å². The number of pyridine rings is 2. The van der Waals surface area contributed by atoms with Crippen LogP contribution in [0.3, 0.4) is 0 Å². The first-order chi connectivity index (χ1) is 16.2. The van der Waals surface area contributed by atoms with Crippen LogP contribution >= 0.6 is 0 Å². The van der Waals surface area contributed by atoms with Crippen molar-refractivity contribution in [2.45, 2.75) is 32.2 Å². The van der Waals surface area contributed by atoms with Gasteiger partial charge in [-0.3, -0.25) is 14.4 Å². The van der Waals surface area contributed by atoms with Crippen molar-refractivity contribution in [1.82, 2.24) is 9.13 Å². The van der Waals surface area contributed by atoms with Gasteiger partial charge in [-0.15, -0.1) is 0 Å². The number of carbonyl (C=O) groups excluding carboxylic acids is 1. The highest BCUT2D eigenvalue weighted by Crippen LogP contribution is 2.32. The number of esters is 1. The second-order valence-electron chi connectivity index (χ2n) is 8.11. The number of methoxy groups -OCH3 is 3. The van der Waals surface area contributed by atoms with E-state index in [-0.39, 0.29) is 28.9 Å². The summed E-state index contributed by atoms with van der Waals surface area (Å²) in [6.07, 6.45) is 0.306. The van der Waals surface area contributed by atoms with Crippen LogP contribution in [0, 0.1) is 6.92 Å². The fourth-order valence-electron chi connectivity index (χ4n) is 4.20. The summed E-state index contributed by atoms with van der Waals surface area (Å²) in [7, 11) is 5.97. The monoisotopic (exact) mass is 470 g/mol. The molecule has 0 bridgehead atoms. The molecule has 1 unspecified atom stereocenters. The minimum atomic E-state index is -1.00. The second-order valence-corrected chi connectivity index (χ2v) is 8.11. The number of aryl methyl sites for hydroxylation is 2. The van der Waals surface area contributed by atoms with Gasteiger partial charge in [0.25, 0.3) is 11.1 Å². The predicted octanol–water partition coefficient (Wildman–Crippen LogP) is 2.45. The number of hydrogen-bond acceptors (Lipinski definition) is 7. The molecular weight excluding hydrogens is 440 g/mol. The number of carbonyl (C=O) groups is 1. The number of aromatic hydroxyl groups is 1. The van der Waals surface area contributed by atoms with Gasteiger partial charge in [0.2, 0.25) is 0 Å². The van der Waals surface area contributed by atoms with Crippen LogP contribution in [-0.4, -0.2) is 48.1 Å². The van der Waals surface area contributed by atoms with Crippen molar-refractivity contribution in [2.24, 2.45) is 7.05 Å². The molecule has 0 saturated carbocycles. The van der Waals surface area contributed by atoms with Crippen LogP contribution in [0.5, 0.6) is 11.5 Å². The SMILES string of the molecule is COCCCn1c(C)cc(O)c(C(CC(=O)OC)c2cc3ccc(OC)cc3n(C)c2=O)c1=O. The molecule has 2 aromatic heterocycles. The maximum Gasteiger partial charge on any atom is 0.306 e. The van der Waals surface area contributed by atoms with E-state index < -0.39 is 17.4 Å². The molecule has 0 radical (unpaired) electrons. The molecule has 3 rings (SSSR count). The first-order valence-corrected chi connectivity index (χ1v) is 10.9. The molecule has 9 heteroatoms. The number of rotatable bonds is 9. The van der Waals surface area contributed by atoms with E-state index >= 15 is 0 Å². The van der Waals surface area contributed by atoms with Gasteiger partial charge in [-0.1, -0.05) is 0 Å². The maximum atomic E-state index is 13.5. The third-order valence-electron chi connectivity index (χ3n) is 6.04. The summed E-state index contributed by atoms with van der Waals surface area (Å²) in [5, 5.41) is 11.5. The number of benzene rings is 1. The second kappa shape index (κ2) is 10.6. The Labute approximate surface area is 197 Å². The van der Waals surface area contributed by atoms with Crippen molar-refractivity contribution in [2.75, 3.05) is 27.9 Å². The third kappa shape index (κ3) is 4.84. The Hall–Kier alpha value is -3.59. The van der Waals surface area contributed by atoms with Gasteiger partial charge in [-0.2, -0.15) is 0 Å². The van der Waals surface area contributed by atoms with Crippen LogP contribution in [0.2, 0.25) is 0 Å². The zero-order valence-corrected chi connectivity index (χ0v) is 20.1. The summed E-state index contributed by atoms with van der Waals surface area (Å²) in [5.41, 5.74) is 0.552. The zero-order valence-electron chi connectivity index (χ0n) is 20.1. The average molecular weight is 471 g/mol. The van der Waals surface area contributed by atoms with Gasteiger partial charge in [-0.05, 0) is 43.0 Å². The van der Waals surface area contributed by atoms with Crippen LogP contribution in [-0.2, 0) is 27.9 Å². The Morgan fingerprint density at radius 1 is 1.09 bits per heavy atom. The lowest BCUT2D eigenvalue weighted by Crippen LogP contribution is -2.32. The summed E-state index contributed by atoms with van der Waals surface area (Å²) in [6.45, 7) is 2.55. The van der Waals surface area contributed by atoms with E-state index in [1.54, 1.807) is 45.3 Å². The molecule has 34 heavy (non-hydrogen) atoms. The molecule has 0 amide bonds. The Kier molecular flexibility index (Phi) is 7.78. The lowest BCUT2D eigenvalue weighted by atomic mass is 9.88. The molecule has 182 valence electrons. The van der Waals surface area contributed by atoms with Crippen LogP contribution < -0.4 is 15.9 Å². The van der Waals surface area contributed by atoms with E-state index in [2.05, 4.69) is 0 Å². The number of nitrogens with zero attached hydrogens (tertiary/aromatic N) is 2.